The van der Waals surface area contributed by atoms with Gasteiger partial charge in [0.25, 0.3) is 0 Å². The summed E-state index contributed by atoms with van der Waals surface area (Å²) in [5.74, 6) is 2.44. The molecule has 1 aromatic heterocycles. The van der Waals surface area contributed by atoms with E-state index in [1.165, 1.54) is 6.42 Å². The summed E-state index contributed by atoms with van der Waals surface area (Å²) in [5.41, 5.74) is 0. The normalized spacial score (nSPS) is 28.7. The molecule has 1 aliphatic heterocycles. The van der Waals surface area contributed by atoms with Crippen LogP contribution in [0.25, 0.3) is 0 Å². The van der Waals surface area contributed by atoms with Gasteiger partial charge in [-0.15, -0.1) is 5.10 Å². The summed E-state index contributed by atoms with van der Waals surface area (Å²) < 4.78 is 2.88. The molecule has 2 heterocycles. The van der Waals surface area contributed by atoms with Gasteiger partial charge in [-0.25, -0.2) is 5.10 Å². The molecule has 18 heavy (non-hydrogen) atoms. The molecule has 1 aromatic rings. The maximum atomic E-state index is 5.32. The standard InChI is InChI=1S/C13H24N4S/c1-5-6-16-12(14-15-13(16)18)17-8-9(2)7-10(3)11(17)4/h9-11H,5-8H2,1-4H3,(H,15,18). The monoisotopic (exact) mass is 268 g/mol. The largest absolute Gasteiger partial charge is 0.338 e. The van der Waals surface area contributed by atoms with E-state index in [0.717, 1.165) is 36.1 Å². The maximum absolute atomic E-state index is 5.32. The zero-order valence-electron chi connectivity index (χ0n) is 11.8. The first kappa shape index (κ1) is 13.6. The Balaban J connectivity index is 2.32. The number of aromatic amines is 1. The van der Waals surface area contributed by atoms with Crippen LogP contribution in [0.5, 0.6) is 0 Å². The quantitative estimate of drug-likeness (QED) is 0.855. The molecular weight excluding hydrogens is 244 g/mol. The van der Waals surface area contributed by atoms with Crippen LogP contribution in [0, 0.1) is 16.6 Å². The van der Waals surface area contributed by atoms with Gasteiger partial charge in [-0.05, 0) is 43.8 Å². The van der Waals surface area contributed by atoms with Crippen molar-refractivity contribution in [2.45, 2.75) is 53.1 Å². The summed E-state index contributed by atoms with van der Waals surface area (Å²) in [6.07, 6.45) is 2.38. The number of aromatic nitrogens is 3. The lowest BCUT2D eigenvalue weighted by molar-refractivity contribution is 0.291. The fourth-order valence-corrected chi connectivity index (χ4v) is 3.15. The van der Waals surface area contributed by atoms with E-state index in [-0.39, 0.29) is 0 Å². The van der Waals surface area contributed by atoms with E-state index in [9.17, 15) is 0 Å². The van der Waals surface area contributed by atoms with E-state index in [1.54, 1.807) is 0 Å². The Labute approximate surface area is 114 Å². The van der Waals surface area contributed by atoms with Gasteiger partial charge in [-0.3, -0.25) is 4.57 Å². The second kappa shape index (κ2) is 5.43. The molecule has 3 unspecified atom stereocenters. The van der Waals surface area contributed by atoms with Crippen LogP contribution in [0.15, 0.2) is 0 Å². The van der Waals surface area contributed by atoms with E-state index < -0.39 is 0 Å². The molecule has 0 amide bonds. The molecule has 0 saturated carbocycles. The second-order valence-corrected chi connectivity index (χ2v) is 6.08. The lowest BCUT2D eigenvalue weighted by Crippen LogP contribution is -2.47. The molecule has 5 heteroatoms. The molecule has 2 rings (SSSR count). The van der Waals surface area contributed by atoms with E-state index in [2.05, 4.69) is 47.4 Å². The lowest BCUT2D eigenvalue weighted by atomic mass is 9.86. The van der Waals surface area contributed by atoms with E-state index in [0.29, 0.717) is 12.0 Å². The SMILES string of the molecule is CCCn1c(N2CC(C)CC(C)C2C)n[nH]c1=S. The molecule has 1 saturated heterocycles. The van der Waals surface area contributed by atoms with E-state index in [1.807, 2.05) is 0 Å². The smallest absolute Gasteiger partial charge is 0.225 e. The van der Waals surface area contributed by atoms with Crippen molar-refractivity contribution in [2.75, 3.05) is 11.4 Å². The highest BCUT2D eigenvalue weighted by Gasteiger charge is 2.31. The average molecular weight is 268 g/mol. The highest BCUT2D eigenvalue weighted by Crippen LogP contribution is 2.30. The number of hydrogen-bond acceptors (Lipinski definition) is 3. The van der Waals surface area contributed by atoms with Crippen molar-refractivity contribution >= 4 is 18.2 Å². The highest BCUT2D eigenvalue weighted by atomic mass is 32.1. The first-order valence-electron chi connectivity index (χ1n) is 6.96. The zero-order valence-corrected chi connectivity index (χ0v) is 12.6. The molecule has 0 aliphatic carbocycles. The van der Waals surface area contributed by atoms with Crippen molar-refractivity contribution in [1.82, 2.24) is 14.8 Å². The molecule has 102 valence electrons. The van der Waals surface area contributed by atoms with Crippen molar-refractivity contribution in [2.24, 2.45) is 11.8 Å². The fraction of sp³-hybridized carbons (Fsp3) is 0.846. The zero-order chi connectivity index (χ0) is 13.3. The van der Waals surface area contributed by atoms with Crippen LogP contribution in [0.2, 0.25) is 0 Å². The van der Waals surface area contributed by atoms with Crippen LogP contribution < -0.4 is 4.90 Å². The summed E-state index contributed by atoms with van der Waals surface area (Å²) >= 11 is 5.32. The van der Waals surface area contributed by atoms with Crippen LogP contribution in [-0.4, -0.2) is 27.4 Å². The van der Waals surface area contributed by atoms with Gasteiger partial charge >= 0.3 is 0 Å². The third-order valence-electron chi connectivity index (χ3n) is 4.04. The molecule has 1 N–H and O–H groups in total. The van der Waals surface area contributed by atoms with Crippen molar-refractivity contribution in [3.63, 3.8) is 0 Å². The van der Waals surface area contributed by atoms with Gasteiger partial charge in [0.2, 0.25) is 5.95 Å². The van der Waals surface area contributed by atoms with Crippen molar-refractivity contribution in [3.05, 3.63) is 4.77 Å². The van der Waals surface area contributed by atoms with E-state index >= 15 is 0 Å². The number of nitrogens with zero attached hydrogens (tertiary/aromatic N) is 3. The molecule has 0 bridgehead atoms. The number of rotatable bonds is 3. The first-order chi connectivity index (χ1) is 8.54. The van der Waals surface area contributed by atoms with E-state index in [4.69, 9.17) is 12.2 Å². The van der Waals surface area contributed by atoms with Gasteiger partial charge < -0.3 is 4.90 Å². The maximum Gasteiger partial charge on any atom is 0.225 e. The van der Waals surface area contributed by atoms with Crippen LogP contribution in [0.3, 0.4) is 0 Å². The third kappa shape index (κ3) is 2.46. The molecule has 4 nitrogen and oxygen atoms in total. The van der Waals surface area contributed by atoms with Crippen LogP contribution in [0.1, 0.15) is 40.5 Å². The van der Waals surface area contributed by atoms with Crippen LogP contribution in [-0.2, 0) is 6.54 Å². The number of nitrogens with one attached hydrogen (secondary N) is 1. The highest BCUT2D eigenvalue weighted by molar-refractivity contribution is 7.71. The second-order valence-electron chi connectivity index (χ2n) is 5.69. The number of H-pyrrole nitrogens is 1. The number of piperidine rings is 1. The van der Waals surface area contributed by atoms with Crippen molar-refractivity contribution in [1.29, 1.82) is 0 Å². The molecule has 0 spiro atoms. The summed E-state index contributed by atoms with van der Waals surface area (Å²) in [6.45, 7) is 11.1. The number of anilines is 1. The Morgan fingerprint density at radius 2 is 2.11 bits per heavy atom. The molecule has 1 fully saturated rings. The minimum Gasteiger partial charge on any atom is -0.338 e. The van der Waals surface area contributed by atoms with Gasteiger partial charge in [0.1, 0.15) is 0 Å². The predicted octanol–water partition coefficient (Wildman–Crippen LogP) is 3.22. The van der Waals surface area contributed by atoms with Gasteiger partial charge in [-0.1, -0.05) is 20.8 Å². The Hall–Kier alpha value is -0.840. The number of hydrogen-bond donors (Lipinski definition) is 1. The summed E-state index contributed by atoms with van der Waals surface area (Å²) in [7, 11) is 0. The Morgan fingerprint density at radius 1 is 1.39 bits per heavy atom. The Bertz CT molecular complexity index is 450. The van der Waals surface area contributed by atoms with Crippen molar-refractivity contribution < 1.29 is 0 Å². The van der Waals surface area contributed by atoms with Gasteiger partial charge in [0.15, 0.2) is 4.77 Å². The van der Waals surface area contributed by atoms with Crippen molar-refractivity contribution in [3.8, 4) is 0 Å². The Kier molecular flexibility index (Phi) is 4.10. The summed E-state index contributed by atoms with van der Waals surface area (Å²) in [4.78, 5) is 2.42. The molecule has 0 aromatic carbocycles. The molecule has 1 aliphatic rings. The molecular formula is C13H24N4S. The Morgan fingerprint density at radius 3 is 2.78 bits per heavy atom. The van der Waals surface area contributed by atoms with Gasteiger partial charge in [0, 0.05) is 19.1 Å². The average Bonchev–Trinajstić information content (AvgIpc) is 2.67. The molecule has 0 radical (unpaired) electrons. The molecule has 3 atom stereocenters. The minimum atomic E-state index is 0.530. The van der Waals surface area contributed by atoms with Gasteiger partial charge in [0.05, 0.1) is 0 Å². The fourth-order valence-electron chi connectivity index (χ4n) is 2.93. The van der Waals surface area contributed by atoms with Gasteiger partial charge in [-0.2, -0.15) is 0 Å². The topological polar surface area (TPSA) is 36.9 Å². The first-order valence-corrected chi connectivity index (χ1v) is 7.37. The third-order valence-corrected chi connectivity index (χ3v) is 4.35. The van der Waals surface area contributed by atoms with Crippen LogP contribution >= 0.6 is 12.2 Å². The summed E-state index contributed by atoms with van der Waals surface area (Å²) in [6, 6.07) is 0.530. The minimum absolute atomic E-state index is 0.530. The summed E-state index contributed by atoms with van der Waals surface area (Å²) in [5, 5.41) is 7.39. The van der Waals surface area contributed by atoms with Crippen LogP contribution in [0.4, 0.5) is 5.95 Å². The predicted molar refractivity (Wildman–Crippen MR) is 77.5 cm³/mol. The lowest BCUT2D eigenvalue weighted by Gasteiger charge is -2.41.